The van der Waals surface area contributed by atoms with E-state index in [9.17, 15) is 9.90 Å². The molecule has 1 saturated heterocycles. The highest BCUT2D eigenvalue weighted by molar-refractivity contribution is 6.30. The number of carbonyl (C=O) groups is 1. The van der Waals surface area contributed by atoms with Gasteiger partial charge in [-0.1, -0.05) is 77.8 Å². The second kappa shape index (κ2) is 9.19. The normalized spacial score (nSPS) is 20.2. The summed E-state index contributed by atoms with van der Waals surface area (Å²) in [6.07, 6.45) is -0.418. The first-order valence-electron chi connectivity index (χ1n) is 9.68. The molecule has 154 valence electrons. The number of aliphatic hydroxyl groups excluding tert-OH is 1. The minimum atomic E-state index is -0.502. The highest BCUT2D eigenvalue weighted by Crippen LogP contribution is 2.44. The first-order chi connectivity index (χ1) is 14.6. The van der Waals surface area contributed by atoms with Crippen molar-refractivity contribution in [1.82, 2.24) is 4.90 Å². The zero-order valence-electron chi connectivity index (χ0n) is 16.1. The Kier molecular flexibility index (Phi) is 6.40. The Bertz CT molecular complexity index is 993. The van der Waals surface area contributed by atoms with Crippen LogP contribution in [0.5, 0.6) is 0 Å². The van der Waals surface area contributed by atoms with Gasteiger partial charge in [0.15, 0.2) is 0 Å². The Hall–Kier alpha value is -2.37. The van der Waals surface area contributed by atoms with E-state index in [1.165, 1.54) is 0 Å². The fraction of sp³-hybridized carbons (Fsp3) is 0.208. The molecular formula is C24H21Cl2NO3. The fourth-order valence-corrected chi connectivity index (χ4v) is 4.20. The number of ether oxygens (including phenoxy) is 1. The van der Waals surface area contributed by atoms with Gasteiger partial charge in [-0.2, -0.15) is 0 Å². The Morgan fingerprint density at radius 3 is 2.03 bits per heavy atom. The van der Waals surface area contributed by atoms with Gasteiger partial charge in [0.05, 0.1) is 18.7 Å². The molecule has 0 radical (unpaired) electrons. The van der Waals surface area contributed by atoms with E-state index in [0.717, 1.165) is 16.7 Å². The van der Waals surface area contributed by atoms with Gasteiger partial charge in [0, 0.05) is 10.0 Å². The van der Waals surface area contributed by atoms with Crippen LogP contribution in [0.4, 0.5) is 0 Å². The van der Waals surface area contributed by atoms with Gasteiger partial charge in [-0.3, -0.25) is 4.79 Å². The molecule has 0 saturated carbocycles. The van der Waals surface area contributed by atoms with Crippen molar-refractivity contribution in [3.8, 4) is 0 Å². The maximum absolute atomic E-state index is 13.1. The Labute approximate surface area is 185 Å². The molecule has 1 aliphatic heterocycles. The van der Waals surface area contributed by atoms with Crippen molar-refractivity contribution in [1.29, 1.82) is 0 Å². The number of amides is 1. The number of morpholine rings is 1. The molecule has 1 aliphatic rings. The molecule has 0 aliphatic carbocycles. The molecule has 0 unspecified atom stereocenters. The summed E-state index contributed by atoms with van der Waals surface area (Å²) in [7, 11) is 0. The predicted octanol–water partition coefficient (Wildman–Crippen LogP) is 5.37. The number of carbonyl (C=O) groups excluding carboxylic acids is 1. The molecule has 1 fully saturated rings. The van der Waals surface area contributed by atoms with Crippen molar-refractivity contribution in [2.24, 2.45) is 0 Å². The van der Waals surface area contributed by atoms with Crippen LogP contribution in [-0.2, 0) is 9.53 Å². The molecule has 1 heterocycles. The first-order valence-corrected chi connectivity index (χ1v) is 10.4. The van der Waals surface area contributed by atoms with Crippen LogP contribution in [0.25, 0.3) is 0 Å². The molecule has 30 heavy (non-hydrogen) atoms. The average Bonchev–Trinajstić information content (AvgIpc) is 2.77. The Morgan fingerprint density at radius 1 is 0.900 bits per heavy atom. The molecule has 0 aromatic heterocycles. The molecule has 0 spiro atoms. The van der Waals surface area contributed by atoms with Gasteiger partial charge in [0.1, 0.15) is 12.7 Å². The van der Waals surface area contributed by atoms with Gasteiger partial charge in [0.2, 0.25) is 5.91 Å². The lowest BCUT2D eigenvalue weighted by Gasteiger charge is -2.45. The molecule has 0 bridgehead atoms. The zero-order chi connectivity index (χ0) is 21.1. The smallest absolute Gasteiger partial charge is 0.249 e. The van der Waals surface area contributed by atoms with E-state index in [1.54, 1.807) is 29.2 Å². The third-order valence-corrected chi connectivity index (χ3v) is 5.87. The summed E-state index contributed by atoms with van der Waals surface area (Å²) < 4.78 is 6.03. The van der Waals surface area contributed by atoms with Crippen LogP contribution < -0.4 is 0 Å². The van der Waals surface area contributed by atoms with Crippen LogP contribution in [0.15, 0.2) is 78.9 Å². The number of nitrogens with zero attached hydrogens (tertiary/aromatic N) is 1. The number of benzene rings is 3. The second-order valence-electron chi connectivity index (χ2n) is 7.19. The van der Waals surface area contributed by atoms with Gasteiger partial charge in [0.25, 0.3) is 0 Å². The number of hydrogen-bond acceptors (Lipinski definition) is 3. The van der Waals surface area contributed by atoms with E-state index in [4.69, 9.17) is 27.9 Å². The SMILES string of the molecule is O=C1CO[C@H](c2ccc(Cl)cc2)[C@H](c2ccc(Cl)cc2)N1[C@H](CO)c1ccccc1. The number of hydrogen-bond donors (Lipinski definition) is 1. The highest BCUT2D eigenvalue weighted by Gasteiger charge is 2.42. The van der Waals surface area contributed by atoms with Crippen molar-refractivity contribution in [2.45, 2.75) is 18.2 Å². The quantitative estimate of drug-likeness (QED) is 0.578. The van der Waals surface area contributed by atoms with Gasteiger partial charge in [-0.15, -0.1) is 0 Å². The molecule has 6 heteroatoms. The lowest BCUT2D eigenvalue weighted by molar-refractivity contribution is -0.165. The van der Waals surface area contributed by atoms with Crippen LogP contribution in [0.3, 0.4) is 0 Å². The van der Waals surface area contributed by atoms with Crippen molar-refractivity contribution in [3.63, 3.8) is 0 Å². The fourth-order valence-electron chi connectivity index (χ4n) is 3.95. The van der Waals surface area contributed by atoms with Crippen LogP contribution in [0.2, 0.25) is 10.0 Å². The molecular weight excluding hydrogens is 421 g/mol. The Balaban J connectivity index is 1.83. The lowest BCUT2D eigenvalue weighted by Crippen LogP contribution is -2.48. The molecule has 4 nitrogen and oxygen atoms in total. The molecule has 3 atom stereocenters. The van der Waals surface area contributed by atoms with Crippen molar-refractivity contribution in [2.75, 3.05) is 13.2 Å². The van der Waals surface area contributed by atoms with E-state index in [-0.39, 0.29) is 19.1 Å². The largest absolute Gasteiger partial charge is 0.394 e. The highest BCUT2D eigenvalue weighted by atomic mass is 35.5. The minimum absolute atomic E-state index is 0.0687. The van der Waals surface area contributed by atoms with E-state index >= 15 is 0 Å². The van der Waals surface area contributed by atoms with E-state index in [0.29, 0.717) is 10.0 Å². The maximum Gasteiger partial charge on any atom is 0.249 e. The minimum Gasteiger partial charge on any atom is -0.394 e. The summed E-state index contributed by atoms with van der Waals surface area (Å²) >= 11 is 12.2. The van der Waals surface area contributed by atoms with E-state index in [2.05, 4.69) is 0 Å². The van der Waals surface area contributed by atoms with Crippen molar-refractivity contribution >= 4 is 29.1 Å². The van der Waals surface area contributed by atoms with Gasteiger partial charge in [-0.05, 0) is 41.0 Å². The van der Waals surface area contributed by atoms with Gasteiger partial charge in [-0.25, -0.2) is 0 Å². The van der Waals surface area contributed by atoms with Crippen LogP contribution in [0.1, 0.15) is 34.9 Å². The summed E-state index contributed by atoms with van der Waals surface area (Å²) in [5.74, 6) is -0.178. The van der Waals surface area contributed by atoms with Crippen LogP contribution in [-0.4, -0.2) is 29.1 Å². The molecule has 3 aromatic carbocycles. The Morgan fingerprint density at radius 2 is 1.47 bits per heavy atom. The van der Waals surface area contributed by atoms with E-state index < -0.39 is 18.2 Å². The number of aliphatic hydroxyl groups is 1. The predicted molar refractivity (Wildman–Crippen MR) is 117 cm³/mol. The number of rotatable bonds is 5. The monoisotopic (exact) mass is 441 g/mol. The van der Waals surface area contributed by atoms with E-state index in [1.807, 2.05) is 54.6 Å². The zero-order valence-corrected chi connectivity index (χ0v) is 17.6. The molecule has 1 N–H and O–H groups in total. The summed E-state index contributed by atoms with van der Waals surface area (Å²) in [5.41, 5.74) is 2.65. The second-order valence-corrected chi connectivity index (χ2v) is 8.06. The summed E-state index contributed by atoms with van der Waals surface area (Å²) in [6.45, 7) is -0.270. The summed E-state index contributed by atoms with van der Waals surface area (Å²) in [4.78, 5) is 14.8. The number of halogens is 2. The van der Waals surface area contributed by atoms with Gasteiger partial charge >= 0.3 is 0 Å². The van der Waals surface area contributed by atoms with Crippen molar-refractivity contribution in [3.05, 3.63) is 106 Å². The lowest BCUT2D eigenvalue weighted by atomic mass is 9.90. The van der Waals surface area contributed by atoms with Crippen LogP contribution >= 0.6 is 23.2 Å². The summed E-state index contributed by atoms with van der Waals surface area (Å²) in [6, 6.07) is 23.4. The van der Waals surface area contributed by atoms with Gasteiger partial charge < -0.3 is 14.7 Å². The molecule has 3 aromatic rings. The molecule has 4 rings (SSSR count). The molecule has 1 amide bonds. The van der Waals surface area contributed by atoms with Crippen LogP contribution in [0, 0.1) is 0 Å². The first kappa shape index (κ1) is 20.9. The summed E-state index contributed by atoms with van der Waals surface area (Å²) in [5, 5.41) is 11.5. The standard InChI is InChI=1S/C24H21Cl2NO3/c25-19-10-6-17(7-11-19)23-24(18-8-12-20(26)13-9-18)30-15-22(29)27(23)21(14-28)16-4-2-1-3-5-16/h1-13,21,23-24,28H,14-15H2/t21-,23+,24-/m1/s1. The third-order valence-electron chi connectivity index (χ3n) is 5.36. The third kappa shape index (κ3) is 4.23. The average molecular weight is 442 g/mol. The van der Waals surface area contributed by atoms with Crippen molar-refractivity contribution < 1.29 is 14.6 Å². The maximum atomic E-state index is 13.1. The topological polar surface area (TPSA) is 49.8 Å².